The van der Waals surface area contributed by atoms with Gasteiger partial charge in [-0.25, -0.2) is 9.79 Å². The average molecular weight is 207 g/mol. The van der Waals surface area contributed by atoms with Gasteiger partial charge >= 0.3 is 0 Å². The van der Waals surface area contributed by atoms with E-state index in [-0.39, 0.29) is 23.6 Å². The Morgan fingerprint density at radius 2 is 2.33 bits per heavy atom. The van der Waals surface area contributed by atoms with Crippen molar-refractivity contribution < 1.29 is 19.4 Å². The van der Waals surface area contributed by atoms with Gasteiger partial charge in [-0.2, -0.15) is 0 Å². The maximum absolute atomic E-state index is 10.7. The van der Waals surface area contributed by atoms with Crippen molar-refractivity contribution in [2.24, 2.45) is 4.99 Å². The normalized spacial score (nSPS) is 9.13. The van der Waals surface area contributed by atoms with Crippen LogP contribution in [0.25, 0.3) is 0 Å². The van der Waals surface area contributed by atoms with E-state index in [1.54, 1.807) is 0 Å². The molecular formula is C10H9NO4. The number of phenolic OH excluding ortho intramolecular Hbond substituents is 1. The van der Waals surface area contributed by atoms with Crippen molar-refractivity contribution in [1.82, 2.24) is 0 Å². The van der Waals surface area contributed by atoms with Crippen LogP contribution < -0.4 is 4.74 Å². The summed E-state index contributed by atoms with van der Waals surface area (Å²) in [5.41, 5.74) is 0.773. The number of ether oxygens (including phenoxy) is 1. The van der Waals surface area contributed by atoms with Crippen molar-refractivity contribution in [3.05, 3.63) is 23.3 Å². The van der Waals surface area contributed by atoms with Gasteiger partial charge in [-0.15, -0.1) is 0 Å². The van der Waals surface area contributed by atoms with E-state index in [0.29, 0.717) is 11.8 Å². The van der Waals surface area contributed by atoms with E-state index >= 15 is 0 Å². The minimum Gasteiger partial charge on any atom is -0.504 e. The molecule has 1 aromatic carbocycles. The fraction of sp³-hybridized carbons (Fsp3) is 0.200. The van der Waals surface area contributed by atoms with E-state index in [0.717, 1.165) is 0 Å². The molecule has 1 aromatic rings. The number of hydrogen-bond donors (Lipinski definition) is 1. The summed E-state index contributed by atoms with van der Waals surface area (Å²) in [6.07, 6.45) is 1.95. The molecule has 78 valence electrons. The molecule has 0 atom stereocenters. The zero-order valence-electron chi connectivity index (χ0n) is 8.06. The van der Waals surface area contributed by atoms with Crippen molar-refractivity contribution in [3.63, 3.8) is 0 Å². The van der Waals surface area contributed by atoms with E-state index in [1.807, 2.05) is 0 Å². The van der Waals surface area contributed by atoms with Crippen LogP contribution in [0.2, 0.25) is 0 Å². The van der Waals surface area contributed by atoms with Crippen molar-refractivity contribution in [1.29, 1.82) is 0 Å². The number of rotatable bonds is 4. The van der Waals surface area contributed by atoms with E-state index in [9.17, 15) is 14.7 Å². The Hall–Kier alpha value is -2.13. The molecule has 0 aliphatic heterocycles. The van der Waals surface area contributed by atoms with Gasteiger partial charge in [-0.3, -0.25) is 4.79 Å². The van der Waals surface area contributed by atoms with E-state index < -0.39 is 0 Å². The zero-order valence-corrected chi connectivity index (χ0v) is 8.06. The molecule has 1 N–H and O–H groups in total. The Labute approximate surface area is 86.0 Å². The molecule has 0 heterocycles. The molecule has 0 saturated carbocycles. The number of carbonyl (C=O) groups is 1. The van der Waals surface area contributed by atoms with Gasteiger partial charge in [0.2, 0.25) is 6.08 Å². The summed E-state index contributed by atoms with van der Waals surface area (Å²) in [4.78, 5) is 23.9. The fourth-order valence-corrected chi connectivity index (χ4v) is 1.15. The van der Waals surface area contributed by atoms with Gasteiger partial charge in [0, 0.05) is 5.56 Å². The third-order valence-electron chi connectivity index (χ3n) is 1.88. The van der Waals surface area contributed by atoms with Crippen LogP contribution in [0.1, 0.15) is 15.9 Å². The fourth-order valence-electron chi connectivity index (χ4n) is 1.15. The molecule has 0 saturated heterocycles. The van der Waals surface area contributed by atoms with Crippen LogP contribution in [0.4, 0.5) is 0 Å². The SMILES string of the molecule is COc1cc(CN=C=O)c(C=O)cc1O. The van der Waals surface area contributed by atoms with Crippen LogP contribution in [-0.4, -0.2) is 24.6 Å². The molecular weight excluding hydrogens is 198 g/mol. The first-order valence-corrected chi connectivity index (χ1v) is 4.11. The number of hydrogen-bond acceptors (Lipinski definition) is 5. The summed E-state index contributed by atoms with van der Waals surface area (Å²) >= 11 is 0. The second-order valence-electron chi connectivity index (χ2n) is 2.75. The summed E-state index contributed by atoms with van der Waals surface area (Å²) in [5, 5.41) is 9.38. The lowest BCUT2D eigenvalue weighted by molar-refractivity contribution is 0.112. The largest absolute Gasteiger partial charge is 0.504 e. The zero-order chi connectivity index (χ0) is 11.3. The number of aromatic hydroxyl groups is 1. The Balaban J connectivity index is 3.21. The number of aliphatic imine (C=N–C) groups is 1. The number of carbonyl (C=O) groups excluding carboxylic acids is 2. The smallest absolute Gasteiger partial charge is 0.235 e. The number of benzene rings is 1. The van der Waals surface area contributed by atoms with Crippen molar-refractivity contribution in [3.8, 4) is 11.5 Å². The van der Waals surface area contributed by atoms with Crippen LogP contribution in [0.5, 0.6) is 11.5 Å². The molecule has 0 bridgehead atoms. The molecule has 0 amide bonds. The Morgan fingerprint density at radius 3 is 2.87 bits per heavy atom. The molecule has 0 aliphatic carbocycles. The summed E-state index contributed by atoms with van der Waals surface area (Å²) in [6, 6.07) is 2.72. The molecule has 5 nitrogen and oxygen atoms in total. The molecule has 0 aliphatic rings. The minimum absolute atomic E-state index is 0.0359. The van der Waals surface area contributed by atoms with Gasteiger partial charge < -0.3 is 9.84 Å². The Bertz CT molecular complexity index is 422. The van der Waals surface area contributed by atoms with Crippen LogP contribution in [0.15, 0.2) is 17.1 Å². The minimum atomic E-state index is -0.126. The number of methoxy groups -OCH3 is 1. The molecule has 0 aromatic heterocycles. The highest BCUT2D eigenvalue weighted by atomic mass is 16.5. The highest BCUT2D eigenvalue weighted by Crippen LogP contribution is 2.29. The molecule has 15 heavy (non-hydrogen) atoms. The van der Waals surface area contributed by atoms with Gasteiger partial charge in [-0.05, 0) is 17.7 Å². The Morgan fingerprint density at radius 1 is 1.60 bits per heavy atom. The van der Waals surface area contributed by atoms with Crippen LogP contribution >= 0.6 is 0 Å². The summed E-state index contributed by atoms with van der Waals surface area (Å²) in [5.74, 6) is 0.107. The third kappa shape index (κ3) is 2.42. The topological polar surface area (TPSA) is 76.0 Å². The highest BCUT2D eigenvalue weighted by molar-refractivity contribution is 5.79. The summed E-state index contributed by atoms with van der Waals surface area (Å²) in [6.45, 7) is 0.0359. The highest BCUT2D eigenvalue weighted by Gasteiger charge is 2.08. The number of isocyanates is 1. The van der Waals surface area contributed by atoms with Gasteiger partial charge in [0.05, 0.1) is 13.7 Å². The Kier molecular flexibility index (Phi) is 3.60. The van der Waals surface area contributed by atoms with Crippen LogP contribution in [0, 0.1) is 0 Å². The molecule has 5 heteroatoms. The first kappa shape index (κ1) is 10.9. The summed E-state index contributed by atoms with van der Waals surface area (Å²) < 4.78 is 4.86. The van der Waals surface area contributed by atoms with E-state index in [1.165, 1.54) is 25.3 Å². The predicted molar refractivity (Wildman–Crippen MR) is 51.9 cm³/mol. The maximum Gasteiger partial charge on any atom is 0.235 e. The van der Waals surface area contributed by atoms with Crippen LogP contribution in [0.3, 0.4) is 0 Å². The lowest BCUT2D eigenvalue weighted by atomic mass is 10.1. The van der Waals surface area contributed by atoms with Gasteiger partial charge in [0.15, 0.2) is 17.8 Å². The molecule has 0 spiro atoms. The maximum atomic E-state index is 10.7. The van der Waals surface area contributed by atoms with E-state index in [2.05, 4.69) is 4.99 Å². The first-order chi connectivity index (χ1) is 7.22. The van der Waals surface area contributed by atoms with Crippen LogP contribution in [-0.2, 0) is 11.3 Å². The number of phenols is 1. The second kappa shape index (κ2) is 4.93. The van der Waals surface area contributed by atoms with Crippen molar-refractivity contribution >= 4 is 12.4 Å². The quantitative estimate of drug-likeness (QED) is 0.455. The molecule has 0 fully saturated rings. The monoisotopic (exact) mass is 207 g/mol. The molecule has 0 unspecified atom stereocenters. The van der Waals surface area contributed by atoms with Gasteiger partial charge in [0.25, 0.3) is 0 Å². The van der Waals surface area contributed by atoms with Crippen molar-refractivity contribution in [2.45, 2.75) is 6.54 Å². The summed E-state index contributed by atoms with van der Waals surface area (Å²) in [7, 11) is 1.39. The number of aldehydes is 1. The predicted octanol–water partition coefficient (Wildman–Crippen LogP) is 1.05. The van der Waals surface area contributed by atoms with Gasteiger partial charge in [0.1, 0.15) is 0 Å². The average Bonchev–Trinajstić information content (AvgIpc) is 2.26. The molecule has 1 rings (SSSR count). The van der Waals surface area contributed by atoms with E-state index in [4.69, 9.17) is 4.74 Å². The first-order valence-electron chi connectivity index (χ1n) is 4.11. The van der Waals surface area contributed by atoms with Crippen molar-refractivity contribution in [2.75, 3.05) is 7.11 Å². The third-order valence-corrected chi connectivity index (χ3v) is 1.88. The van der Waals surface area contributed by atoms with Gasteiger partial charge in [-0.1, -0.05) is 0 Å². The lowest BCUT2D eigenvalue weighted by Crippen LogP contribution is -1.94. The standard InChI is InChI=1S/C10H9NO4/c1-15-10-3-7(4-11-6-13)8(5-12)2-9(10)14/h2-3,5,14H,4H2,1H3. The lowest BCUT2D eigenvalue weighted by Gasteiger charge is -2.07. The second-order valence-corrected chi connectivity index (χ2v) is 2.75. The molecule has 0 radical (unpaired) electrons. The number of nitrogens with zero attached hydrogens (tertiary/aromatic N) is 1.